The number of aliphatic carboxylic acids is 1. The molecule has 2 saturated heterocycles. The van der Waals surface area contributed by atoms with Gasteiger partial charge in [0, 0.05) is 43.0 Å². The van der Waals surface area contributed by atoms with E-state index in [-0.39, 0.29) is 11.5 Å². The van der Waals surface area contributed by atoms with E-state index in [9.17, 15) is 18.0 Å². The molecular weight excluding hydrogens is 469 g/mol. The lowest BCUT2D eigenvalue weighted by molar-refractivity contribution is -0.192. The van der Waals surface area contributed by atoms with Crippen LogP contribution >= 0.6 is 22.7 Å². The summed E-state index contributed by atoms with van der Waals surface area (Å²) in [6, 6.07) is 0. The second kappa shape index (κ2) is 10.2. The van der Waals surface area contributed by atoms with Crippen molar-refractivity contribution in [2.24, 2.45) is 5.92 Å². The molecule has 2 N–H and O–H groups in total. The molecule has 0 aliphatic carbocycles. The highest BCUT2D eigenvalue weighted by atomic mass is 32.1. The van der Waals surface area contributed by atoms with Gasteiger partial charge in [0.25, 0.3) is 5.91 Å². The number of nitrogens with zero attached hydrogens (tertiary/aromatic N) is 3. The summed E-state index contributed by atoms with van der Waals surface area (Å²) in [7, 11) is 0. The van der Waals surface area contributed by atoms with Crippen LogP contribution in [0.25, 0.3) is 0 Å². The molecule has 0 saturated carbocycles. The highest BCUT2D eigenvalue weighted by molar-refractivity contribution is 7.09. The van der Waals surface area contributed by atoms with Gasteiger partial charge >= 0.3 is 12.1 Å². The Morgan fingerprint density at radius 2 is 2.06 bits per heavy atom. The molecule has 8 nitrogen and oxygen atoms in total. The summed E-state index contributed by atoms with van der Waals surface area (Å²) in [6.07, 6.45) is -3.04. The summed E-state index contributed by atoms with van der Waals surface area (Å²) in [5.74, 6) is -2.32. The van der Waals surface area contributed by atoms with E-state index in [2.05, 4.69) is 27.1 Å². The number of carbonyl (C=O) groups excluding carboxylic acids is 1. The molecule has 2 aliphatic rings. The zero-order valence-corrected chi connectivity index (χ0v) is 18.9. The maximum absolute atomic E-state index is 12.0. The number of amides is 1. The number of aryl methyl sites for hydroxylation is 1. The largest absolute Gasteiger partial charge is 0.490 e. The number of ether oxygens (including phenoxy) is 1. The van der Waals surface area contributed by atoms with Crippen LogP contribution in [-0.4, -0.2) is 69.9 Å². The zero-order chi connectivity index (χ0) is 23.4. The first-order valence-corrected chi connectivity index (χ1v) is 11.6. The van der Waals surface area contributed by atoms with Crippen LogP contribution in [-0.2, 0) is 16.1 Å². The highest BCUT2D eigenvalue weighted by Crippen LogP contribution is 2.42. The minimum Gasteiger partial charge on any atom is -0.475 e. The molecule has 1 amide bonds. The zero-order valence-electron chi connectivity index (χ0n) is 17.2. The van der Waals surface area contributed by atoms with Gasteiger partial charge in [-0.25, -0.2) is 14.8 Å². The van der Waals surface area contributed by atoms with Crippen LogP contribution in [0.1, 0.15) is 33.9 Å². The highest BCUT2D eigenvalue weighted by Gasteiger charge is 2.52. The average molecular weight is 493 g/mol. The molecule has 1 unspecified atom stereocenters. The maximum atomic E-state index is 12.0. The van der Waals surface area contributed by atoms with Crippen molar-refractivity contribution in [2.75, 3.05) is 26.2 Å². The number of likely N-dealkylation sites (tertiary alicyclic amines) is 1. The summed E-state index contributed by atoms with van der Waals surface area (Å²) in [5.41, 5.74) is 5.24. The number of carbonyl (C=O) groups is 2. The molecule has 1 atom stereocenters. The van der Waals surface area contributed by atoms with Crippen molar-refractivity contribution in [1.29, 1.82) is 0 Å². The Balaban J connectivity index is 0.000000360. The first-order chi connectivity index (χ1) is 15.1. The number of thiazole rings is 2. The second-order valence-corrected chi connectivity index (χ2v) is 9.28. The topological polar surface area (TPSA) is 105 Å². The third-order valence-corrected chi connectivity index (χ3v) is 6.99. The number of aromatic nitrogens is 2. The molecule has 0 bridgehead atoms. The fourth-order valence-electron chi connectivity index (χ4n) is 3.82. The second-order valence-electron chi connectivity index (χ2n) is 7.63. The van der Waals surface area contributed by atoms with E-state index >= 15 is 0 Å². The van der Waals surface area contributed by atoms with Crippen molar-refractivity contribution in [3.8, 4) is 0 Å². The minimum absolute atomic E-state index is 0.00997. The van der Waals surface area contributed by atoms with Gasteiger partial charge < -0.3 is 15.2 Å². The Morgan fingerprint density at radius 3 is 2.62 bits per heavy atom. The van der Waals surface area contributed by atoms with Crippen LogP contribution in [0.15, 0.2) is 16.4 Å². The Bertz CT molecular complexity index is 914. The van der Waals surface area contributed by atoms with E-state index in [0.29, 0.717) is 18.2 Å². The molecule has 0 aromatic carbocycles. The molecule has 4 rings (SSSR count). The first kappa shape index (κ1) is 24.6. The van der Waals surface area contributed by atoms with Gasteiger partial charge in [0.15, 0.2) is 0 Å². The Kier molecular flexibility index (Phi) is 7.85. The average Bonchev–Trinajstić information content (AvgIpc) is 3.43. The van der Waals surface area contributed by atoms with Crippen molar-refractivity contribution in [2.45, 2.75) is 38.1 Å². The van der Waals surface area contributed by atoms with Crippen LogP contribution in [0, 0.1) is 12.8 Å². The van der Waals surface area contributed by atoms with Crippen molar-refractivity contribution in [3.63, 3.8) is 0 Å². The summed E-state index contributed by atoms with van der Waals surface area (Å²) in [5, 5.41) is 11.9. The van der Waals surface area contributed by atoms with Gasteiger partial charge in [-0.3, -0.25) is 9.69 Å². The number of carboxylic acids is 1. The van der Waals surface area contributed by atoms with Crippen LogP contribution in [0.5, 0.6) is 0 Å². The molecule has 0 radical (unpaired) electrons. The summed E-state index contributed by atoms with van der Waals surface area (Å²) < 4.78 is 37.9. The quantitative estimate of drug-likeness (QED) is 0.639. The molecule has 32 heavy (non-hydrogen) atoms. The summed E-state index contributed by atoms with van der Waals surface area (Å²) in [6.45, 7) is 6.51. The Morgan fingerprint density at radius 1 is 1.34 bits per heavy atom. The SMILES string of the molecule is Cc1ncsc1CN1CC2(C1)OCCC2CCNC(=O)c1cscn1.O=C(O)C(F)(F)F. The lowest BCUT2D eigenvalue weighted by Crippen LogP contribution is -2.64. The fraction of sp³-hybridized carbons (Fsp3) is 0.579. The fourth-order valence-corrected chi connectivity index (χ4v) is 5.17. The summed E-state index contributed by atoms with van der Waals surface area (Å²) in [4.78, 5) is 33.0. The van der Waals surface area contributed by atoms with Crippen LogP contribution in [0.4, 0.5) is 13.2 Å². The van der Waals surface area contributed by atoms with Gasteiger partial charge in [0.05, 0.1) is 22.3 Å². The number of carboxylic acid groups (broad SMARTS) is 1. The molecule has 1 spiro atoms. The van der Waals surface area contributed by atoms with Gasteiger partial charge in [-0.05, 0) is 25.7 Å². The number of alkyl halides is 3. The van der Waals surface area contributed by atoms with E-state index in [1.165, 1.54) is 16.2 Å². The third kappa shape index (κ3) is 6.03. The van der Waals surface area contributed by atoms with E-state index in [1.807, 2.05) is 5.51 Å². The predicted molar refractivity (Wildman–Crippen MR) is 112 cm³/mol. The lowest BCUT2D eigenvalue weighted by Gasteiger charge is -2.50. The van der Waals surface area contributed by atoms with Crippen LogP contribution in [0.3, 0.4) is 0 Å². The number of nitrogens with one attached hydrogen (secondary N) is 1. The summed E-state index contributed by atoms with van der Waals surface area (Å²) >= 11 is 3.17. The van der Waals surface area contributed by atoms with Gasteiger partial charge in [-0.15, -0.1) is 22.7 Å². The van der Waals surface area contributed by atoms with E-state index in [1.54, 1.807) is 22.2 Å². The van der Waals surface area contributed by atoms with E-state index in [4.69, 9.17) is 14.6 Å². The van der Waals surface area contributed by atoms with Crippen molar-refractivity contribution < 1.29 is 32.6 Å². The predicted octanol–water partition coefficient (Wildman–Crippen LogP) is 2.95. The molecule has 2 aromatic rings. The normalized spacial score (nSPS) is 19.8. The number of hydrogen-bond donors (Lipinski definition) is 2. The van der Waals surface area contributed by atoms with Gasteiger partial charge in [-0.1, -0.05) is 0 Å². The minimum atomic E-state index is -5.08. The molecule has 2 aliphatic heterocycles. The number of hydrogen-bond acceptors (Lipinski definition) is 8. The Hall–Kier alpha value is -2.09. The van der Waals surface area contributed by atoms with Gasteiger partial charge in [0.2, 0.25) is 0 Å². The Labute approximate surface area is 190 Å². The molecule has 2 fully saturated rings. The van der Waals surface area contributed by atoms with Crippen molar-refractivity contribution in [1.82, 2.24) is 20.2 Å². The molecular formula is C19H23F3N4O4S2. The standard InChI is InChI=1S/C17H22N4O2S2.C2HF3O2/c1-12-15(25-11-19-12)6-21-8-17(9-21)13(3-5-23-17)2-4-18-16(22)14-7-24-10-20-14;3-2(4,5)1(6)7/h7,10-11,13H,2-6,8-9H2,1H3,(H,18,22);(H,6,7). The van der Waals surface area contributed by atoms with Crippen molar-refractivity contribution in [3.05, 3.63) is 32.7 Å². The third-order valence-electron chi connectivity index (χ3n) is 5.48. The van der Waals surface area contributed by atoms with Crippen LogP contribution in [0.2, 0.25) is 0 Å². The van der Waals surface area contributed by atoms with Crippen molar-refractivity contribution >= 4 is 34.6 Å². The molecule has 4 heterocycles. The first-order valence-electron chi connectivity index (χ1n) is 9.82. The number of rotatable bonds is 6. The van der Waals surface area contributed by atoms with E-state index in [0.717, 1.165) is 44.8 Å². The number of halogens is 3. The maximum Gasteiger partial charge on any atom is 0.490 e. The molecule has 13 heteroatoms. The smallest absolute Gasteiger partial charge is 0.475 e. The molecule has 2 aromatic heterocycles. The molecule has 176 valence electrons. The van der Waals surface area contributed by atoms with Gasteiger partial charge in [0.1, 0.15) is 5.69 Å². The lowest BCUT2D eigenvalue weighted by atomic mass is 9.79. The van der Waals surface area contributed by atoms with E-state index < -0.39 is 12.1 Å². The van der Waals surface area contributed by atoms with Crippen LogP contribution < -0.4 is 5.32 Å². The monoisotopic (exact) mass is 492 g/mol. The van der Waals surface area contributed by atoms with Gasteiger partial charge in [-0.2, -0.15) is 13.2 Å².